The Kier molecular flexibility index (Phi) is 11.7. The van der Waals surface area contributed by atoms with Crippen LogP contribution in [0.3, 0.4) is 0 Å². The molecule has 2 aliphatic rings. The molecule has 212 valence electrons. The van der Waals surface area contributed by atoms with Gasteiger partial charge in [0.1, 0.15) is 0 Å². The molecule has 2 unspecified atom stereocenters. The molecule has 0 radical (unpaired) electrons. The summed E-state index contributed by atoms with van der Waals surface area (Å²) in [6, 6.07) is 0. The minimum atomic E-state index is -0.418. The molecule has 37 heavy (non-hydrogen) atoms. The molecule has 8 nitrogen and oxygen atoms in total. The van der Waals surface area contributed by atoms with Gasteiger partial charge in [-0.15, -0.1) is 0 Å². The van der Waals surface area contributed by atoms with E-state index in [0.29, 0.717) is 49.0 Å². The predicted octanol–water partition coefficient (Wildman–Crippen LogP) is 3.67. The number of carbonyl (C=O) groups excluding carboxylic acids is 2. The summed E-state index contributed by atoms with van der Waals surface area (Å²) < 4.78 is 0. The summed E-state index contributed by atoms with van der Waals surface area (Å²) >= 11 is 11.0. The molecule has 0 aromatic carbocycles. The number of nitrogens with zero attached hydrogens (tertiary/aromatic N) is 4. The lowest BCUT2D eigenvalue weighted by atomic mass is 9.92. The number of rotatable bonds is 16. The van der Waals surface area contributed by atoms with Crippen molar-refractivity contribution in [2.45, 2.75) is 123 Å². The topological polar surface area (TPSA) is 87.6 Å². The van der Waals surface area contributed by atoms with Gasteiger partial charge in [-0.25, -0.2) is 0 Å². The lowest BCUT2D eigenvalue weighted by Gasteiger charge is -2.35. The number of thiocarbonyl (C=S) groups is 2. The number of hydrogen-bond donors (Lipinski definition) is 2. The first-order chi connectivity index (χ1) is 17.2. The molecule has 2 aliphatic heterocycles. The predicted molar refractivity (Wildman–Crippen MR) is 155 cm³/mol. The smallest absolute Gasteiger partial charge is 0.248 e. The summed E-state index contributed by atoms with van der Waals surface area (Å²) in [5.41, 5.74) is -0.750. The van der Waals surface area contributed by atoms with Crippen LogP contribution in [0.15, 0.2) is 0 Å². The molecule has 2 amide bonds. The molecule has 0 spiro atoms. The molecule has 0 saturated carbocycles. The van der Waals surface area contributed by atoms with E-state index in [9.17, 15) is 19.8 Å². The first-order valence-electron chi connectivity index (χ1n) is 13.8. The number of hydrogen-bond acceptors (Lipinski definition) is 6. The highest BCUT2D eigenvalue weighted by Gasteiger charge is 2.42. The number of aliphatic hydroxyl groups is 2. The fraction of sp³-hybridized carbons (Fsp3) is 0.852. The zero-order valence-corrected chi connectivity index (χ0v) is 25.3. The largest absolute Gasteiger partial charge is 0.393 e. The van der Waals surface area contributed by atoms with Crippen LogP contribution in [0.5, 0.6) is 0 Å². The van der Waals surface area contributed by atoms with Crippen molar-refractivity contribution in [1.82, 2.24) is 19.6 Å². The van der Waals surface area contributed by atoms with E-state index in [0.717, 1.165) is 45.2 Å². The third-order valence-electron chi connectivity index (χ3n) is 7.78. The third-order valence-corrected chi connectivity index (χ3v) is 8.66. The summed E-state index contributed by atoms with van der Waals surface area (Å²) in [6.07, 6.45) is 5.70. The number of aliphatic hydroxyl groups excluding tert-OH is 2. The Morgan fingerprint density at radius 2 is 1.03 bits per heavy atom. The lowest BCUT2D eigenvalue weighted by Crippen LogP contribution is -2.48. The van der Waals surface area contributed by atoms with E-state index < -0.39 is 12.2 Å². The van der Waals surface area contributed by atoms with E-state index in [4.69, 9.17) is 24.4 Å². The standard InChI is InChI=1S/C27H48N4O4S2/c1-7-28-18-22(34)30(24(28)36)26(3,4)16-10-14-20(32)12-9-13-21(33)15-11-17-27(5,6)31-23(35)19-29(8-2)25(31)37/h20-21,32-33H,7-19H2,1-6H3. The Morgan fingerprint density at radius 3 is 1.32 bits per heavy atom. The average Bonchev–Trinajstić information content (AvgIpc) is 3.27. The molecular weight excluding hydrogens is 508 g/mol. The van der Waals surface area contributed by atoms with E-state index in [1.54, 1.807) is 9.80 Å². The van der Waals surface area contributed by atoms with Crippen LogP contribution in [0.1, 0.15) is 99.3 Å². The van der Waals surface area contributed by atoms with Crippen molar-refractivity contribution in [3.8, 4) is 0 Å². The molecule has 2 fully saturated rings. The second-order valence-corrected chi connectivity index (χ2v) is 12.4. The van der Waals surface area contributed by atoms with Crippen LogP contribution in [0.4, 0.5) is 0 Å². The first kappa shape index (κ1) is 31.9. The summed E-state index contributed by atoms with van der Waals surface area (Å²) in [7, 11) is 0. The molecule has 0 aromatic heterocycles. The number of carbonyl (C=O) groups is 2. The molecule has 0 aromatic rings. The Labute approximate surface area is 234 Å². The second kappa shape index (κ2) is 13.6. The van der Waals surface area contributed by atoms with Gasteiger partial charge in [0.05, 0.1) is 25.3 Å². The van der Waals surface area contributed by atoms with Gasteiger partial charge in [0, 0.05) is 24.2 Å². The van der Waals surface area contributed by atoms with Crippen molar-refractivity contribution in [3.05, 3.63) is 0 Å². The highest BCUT2D eigenvalue weighted by Crippen LogP contribution is 2.29. The van der Waals surface area contributed by atoms with Gasteiger partial charge in [-0.3, -0.25) is 19.4 Å². The van der Waals surface area contributed by atoms with Crippen LogP contribution in [0.25, 0.3) is 0 Å². The van der Waals surface area contributed by atoms with Gasteiger partial charge in [0.15, 0.2) is 10.2 Å². The van der Waals surface area contributed by atoms with Crippen LogP contribution < -0.4 is 0 Å². The van der Waals surface area contributed by atoms with Crippen molar-refractivity contribution in [1.29, 1.82) is 0 Å². The van der Waals surface area contributed by atoms with Gasteiger partial charge >= 0.3 is 0 Å². The first-order valence-corrected chi connectivity index (χ1v) is 14.7. The van der Waals surface area contributed by atoms with Crippen LogP contribution >= 0.6 is 24.4 Å². The molecule has 2 atom stereocenters. The highest BCUT2D eigenvalue weighted by molar-refractivity contribution is 7.80. The summed E-state index contributed by atoms with van der Waals surface area (Å²) in [5, 5.41) is 22.1. The zero-order valence-electron chi connectivity index (χ0n) is 23.7. The van der Waals surface area contributed by atoms with Crippen LogP contribution in [-0.4, -0.2) is 101 Å². The minimum Gasteiger partial charge on any atom is -0.393 e. The van der Waals surface area contributed by atoms with Gasteiger partial charge in [-0.2, -0.15) is 0 Å². The maximum atomic E-state index is 12.5. The highest BCUT2D eigenvalue weighted by atomic mass is 32.1. The Bertz CT molecular complexity index is 769. The molecule has 2 heterocycles. The molecule has 2 N–H and O–H groups in total. The maximum Gasteiger partial charge on any atom is 0.248 e. The summed E-state index contributed by atoms with van der Waals surface area (Å²) in [4.78, 5) is 32.2. The van der Waals surface area contributed by atoms with Crippen molar-refractivity contribution >= 4 is 46.5 Å². The Morgan fingerprint density at radius 1 is 0.703 bits per heavy atom. The zero-order chi connectivity index (χ0) is 28.0. The average molecular weight is 557 g/mol. The quantitative estimate of drug-likeness (QED) is 0.279. The third kappa shape index (κ3) is 8.31. The monoisotopic (exact) mass is 556 g/mol. The number of likely N-dealkylation sites (N-methyl/N-ethyl adjacent to an activating group) is 2. The van der Waals surface area contributed by atoms with E-state index >= 15 is 0 Å². The van der Waals surface area contributed by atoms with E-state index in [1.165, 1.54) is 0 Å². The SMILES string of the molecule is CCN1CC(=O)N(C(C)(C)CCCC(O)CCCC(O)CCCC(C)(C)N2C(=O)CN(CC)C2=S)C1=S. The van der Waals surface area contributed by atoms with Crippen molar-refractivity contribution in [3.63, 3.8) is 0 Å². The van der Waals surface area contributed by atoms with Gasteiger partial charge in [0.25, 0.3) is 0 Å². The molecular formula is C27H48N4O4S2. The van der Waals surface area contributed by atoms with Crippen molar-refractivity contribution < 1.29 is 19.8 Å². The minimum absolute atomic E-state index is 0.0486. The summed E-state index contributed by atoms with van der Waals surface area (Å²) in [5.74, 6) is 0.0971. The summed E-state index contributed by atoms with van der Waals surface area (Å²) in [6.45, 7) is 14.3. The normalized spacial score (nSPS) is 19.0. The van der Waals surface area contributed by atoms with Crippen LogP contribution in [0.2, 0.25) is 0 Å². The molecule has 0 bridgehead atoms. The number of amides is 2. The Balaban J connectivity index is 1.64. The molecule has 10 heteroatoms. The molecule has 2 saturated heterocycles. The van der Waals surface area contributed by atoms with Crippen LogP contribution in [0, 0.1) is 0 Å². The van der Waals surface area contributed by atoms with Gasteiger partial charge in [-0.05, 0) is 124 Å². The fourth-order valence-electron chi connectivity index (χ4n) is 5.43. The van der Waals surface area contributed by atoms with E-state index in [2.05, 4.69) is 0 Å². The maximum absolute atomic E-state index is 12.5. The van der Waals surface area contributed by atoms with E-state index in [1.807, 2.05) is 51.3 Å². The van der Waals surface area contributed by atoms with Gasteiger partial charge < -0.3 is 20.0 Å². The Hall–Kier alpha value is -1.36. The van der Waals surface area contributed by atoms with Crippen molar-refractivity contribution in [2.75, 3.05) is 26.2 Å². The van der Waals surface area contributed by atoms with Gasteiger partial charge in [-0.1, -0.05) is 0 Å². The van der Waals surface area contributed by atoms with Crippen LogP contribution in [-0.2, 0) is 9.59 Å². The van der Waals surface area contributed by atoms with Gasteiger partial charge in [0.2, 0.25) is 11.8 Å². The molecule has 0 aliphatic carbocycles. The van der Waals surface area contributed by atoms with E-state index in [-0.39, 0.29) is 22.9 Å². The lowest BCUT2D eigenvalue weighted by molar-refractivity contribution is -0.129. The molecule has 2 rings (SSSR count). The fourth-order valence-corrected chi connectivity index (χ4v) is 6.51. The second-order valence-electron chi connectivity index (χ2n) is 11.7. The van der Waals surface area contributed by atoms with Crippen molar-refractivity contribution in [2.24, 2.45) is 0 Å².